The van der Waals surface area contributed by atoms with E-state index in [1.54, 1.807) is 6.20 Å². The minimum atomic E-state index is -0.0828. The molecule has 0 aliphatic carbocycles. The molecule has 6 heteroatoms. The number of carbonyl (C=O) groups excluding carboxylic acids is 1. The van der Waals surface area contributed by atoms with Crippen molar-refractivity contribution < 1.29 is 4.79 Å². The van der Waals surface area contributed by atoms with Crippen molar-refractivity contribution in [3.05, 3.63) is 48.3 Å². The molecule has 2 heterocycles. The highest BCUT2D eigenvalue weighted by atomic mass is 32.2. The summed E-state index contributed by atoms with van der Waals surface area (Å²) in [6.07, 6.45) is 3.65. The molecule has 1 aliphatic heterocycles. The molecule has 0 saturated carbocycles. The van der Waals surface area contributed by atoms with Gasteiger partial charge >= 0.3 is 0 Å². The number of nitrogens with one attached hydrogen (secondary N) is 2. The fraction of sp³-hybridized carbons (Fsp3) is 0.333. The Hall–Kier alpha value is -1.79. The summed E-state index contributed by atoms with van der Waals surface area (Å²) in [6.45, 7) is 1.41. The number of hydrogen-bond acceptors (Lipinski definition) is 4. The van der Waals surface area contributed by atoms with Crippen molar-refractivity contribution in [2.24, 2.45) is 0 Å². The zero-order valence-electron chi connectivity index (χ0n) is 11.7. The van der Waals surface area contributed by atoms with E-state index in [2.05, 4.69) is 15.7 Å². The molecule has 2 N–H and O–H groups in total. The monoisotopic (exact) mass is 302 g/mol. The van der Waals surface area contributed by atoms with Gasteiger partial charge in [0, 0.05) is 37.0 Å². The lowest BCUT2D eigenvalue weighted by molar-refractivity contribution is -0.122. The molecule has 1 amide bonds. The van der Waals surface area contributed by atoms with Gasteiger partial charge in [-0.05, 0) is 17.7 Å². The Morgan fingerprint density at radius 2 is 2.33 bits per heavy atom. The second-order valence-electron chi connectivity index (χ2n) is 4.88. The van der Waals surface area contributed by atoms with Gasteiger partial charge in [0.15, 0.2) is 0 Å². The van der Waals surface area contributed by atoms with Gasteiger partial charge in [0.1, 0.15) is 0 Å². The summed E-state index contributed by atoms with van der Waals surface area (Å²) in [4.78, 5) is 12.2. The highest BCUT2D eigenvalue weighted by molar-refractivity contribution is 7.99. The second-order valence-corrected chi connectivity index (χ2v) is 6.03. The third-order valence-corrected chi connectivity index (χ3v) is 4.50. The Morgan fingerprint density at radius 1 is 1.43 bits per heavy atom. The van der Waals surface area contributed by atoms with Gasteiger partial charge in [-0.15, -0.1) is 0 Å². The third kappa shape index (κ3) is 3.46. The van der Waals surface area contributed by atoms with E-state index in [1.165, 1.54) is 0 Å². The van der Waals surface area contributed by atoms with Crippen molar-refractivity contribution in [1.82, 2.24) is 20.4 Å². The summed E-state index contributed by atoms with van der Waals surface area (Å²) < 4.78 is 1.82. The molecule has 0 spiro atoms. The Labute approximate surface area is 128 Å². The molecule has 21 heavy (non-hydrogen) atoms. The van der Waals surface area contributed by atoms with Crippen LogP contribution in [0.2, 0.25) is 0 Å². The topological polar surface area (TPSA) is 59.0 Å². The molecule has 1 atom stereocenters. The Bertz CT molecular complexity index is 593. The van der Waals surface area contributed by atoms with Crippen LogP contribution >= 0.6 is 11.8 Å². The molecule has 1 aliphatic rings. The quantitative estimate of drug-likeness (QED) is 0.891. The SMILES string of the molecule is O=C(NCc1ccccc1-n1cccn1)C1CSCCN1. The largest absolute Gasteiger partial charge is 0.351 e. The third-order valence-electron chi connectivity index (χ3n) is 3.43. The number of amides is 1. The number of rotatable bonds is 4. The van der Waals surface area contributed by atoms with E-state index < -0.39 is 0 Å². The van der Waals surface area contributed by atoms with Gasteiger partial charge in [-0.1, -0.05) is 18.2 Å². The number of para-hydroxylation sites is 1. The maximum Gasteiger partial charge on any atom is 0.238 e. The minimum absolute atomic E-state index is 0.0671. The van der Waals surface area contributed by atoms with Crippen LogP contribution < -0.4 is 10.6 Å². The number of aromatic nitrogens is 2. The molecule has 2 aromatic rings. The van der Waals surface area contributed by atoms with E-state index in [4.69, 9.17) is 0 Å². The maximum atomic E-state index is 12.2. The van der Waals surface area contributed by atoms with Crippen LogP contribution in [-0.2, 0) is 11.3 Å². The maximum absolute atomic E-state index is 12.2. The lowest BCUT2D eigenvalue weighted by Gasteiger charge is -2.22. The van der Waals surface area contributed by atoms with Gasteiger partial charge in [0.2, 0.25) is 5.91 Å². The predicted molar refractivity (Wildman–Crippen MR) is 84.5 cm³/mol. The van der Waals surface area contributed by atoms with Crippen molar-refractivity contribution in [3.63, 3.8) is 0 Å². The van der Waals surface area contributed by atoms with E-state index in [-0.39, 0.29) is 11.9 Å². The Morgan fingerprint density at radius 3 is 3.10 bits per heavy atom. The number of carbonyl (C=O) groups is 1. The number of thioether (sulfide) groups is 1. The van der Waals surface area contributed by atoms with Crippen LogP contribution in [-0.4, -0.2) is 39.8 Å². The molecule has 1 fully saturated rings. The number of nitrogens with zero attached hydrogens (tertiary/aromatic N) is 2. The van der Waals surface area contributed by atoms with Crippen LogP contribution in [0.25, 0.3) is 5.69 Å². The average molecular weight is 302 g/mol. The molecule has 5 nitrogen and oxygen atoms in total. The summed E-state index contributed by atoms with van der Waals surface area (Å²) in [5.74, 6) is 1.98. The van der Waals surface area contributed by atoms with Crippen molar-refractivity contribution >= 4 is 17.7 Å². The fourth-order valence-electron chi connectivity index (χ4n) is 2.33. The van der Waals surface area contributed by atoms with Crippen molar-refractivity contribution in [2.45, 2.75) is 12.6 Å². The van der Waals surface area contributed by atoms with Gasteiger partial charge in [-0.2, -0.15) is 16.9 Å². The summed E-state index contributed by atoms with van der Waals surface area (Å²) in [6, 6.07) is 9.77. The predicted octanol–water partition coefficient (Wildman–Crippen LogP) is 1.19. The summed E-state index contributed by atoms with van der Waals surface area (Å²) in [5.41, 5.74) is 2.05. The van der Waals surface area contributed by atoms with E-state index in [1.807, 2.05) is 53.0 Å². The minimum Gasteiger partial charge on any atom is -0.351 e. The Kier molecular flexibility index (Phi) is 4.57. The molecular weight excluding hydrogens is 284 g/mol. The lowest BCUT2D eigenvalue weighted by atomic mass is 10.1. The first-order valence-electron chi connectivity index (χ1n) is 7.01. The standard InChI is InChI=1S/C15H18N4OS/c20-15(13-11-21-9-7-16-13)17-10-12-4-1-2-5-14(12)19-8-3-6-18-19/h1-6,8,13,16H,7,9-11H2,(H,17,20). The van der Waals surface area contributed by atoms with Crippen molar-refractivity contribution in [2.75, 3.05) is 18.1 Å². The molecule has 1 aromatic carbocycles. The fourth-order valence-corrected chi connectivity index (χ4v) is 3.27. The highest BCUT2D eigenvalue weighted by Gasteiger charge is 2.20. The van der Waals surface area contributed by atoms with Crippen LogP contribution in [0.15, 0.2) is 42.7 Å². The average Bonchev–Trinajstić information content (AvgIpc) is 3.08. The molecule has 0 radical (unpaired) electrons. The van der Waals surface area contributed by atoms with Crippen LogP contribution in [0.1, 0.15) is 5.56 Å². The number of benzene rings is 1. The smallest absolute Gasteiger partial charge is 0.238 e. The molecule has 1 unspecified atom stereocenters. The summed E-state index contributed by atoms with van der Waals surface area (Å²) in [5, 5.41) is 10.5. The summed E-state index contributed by atoms with van der Waals surface area (Å²) >= 11 is 1.82. The lowest BCUT2D eigenvalue weighted by Crippen LogP contribution is -2.48. The first-order chi connectivity index (χ1) is 10.3. The molecular formula is C15H18N4OS. The first-order valence-corrected chi connectivity index (χ1v) is 8.17. The normalized spacial score (nSPS) is 18.4. The zero-order chi connectivity index (χ0) is 14.5. The molecule has 1 aromatic heterocycles. The van der Waals surface area contributed by atoms with E-state index in [9.17, 15) is 4.79 Å². The molecule has 3 rings (SSSR count). The van der Waals surface area contributed by atoms with Gasteiger partial charge in [0.05, 0.1) is 11.7 Å². The Balaban J connectivity index is 1.66. The van der Waals surface area contributed by atoms with E-state index in [0.29, 0.717) is 6.54 Å². The van der Waals surface area contributed by atoms with Crippen LogP contribution in [0, 0.1) is 0 Å². The van der Waals surface area contributed by atoms with Crippen molar-refractivity contribution in [1.29, 1.82) is 0 Å². The summed E-state index contributed by atoms with van der Waals surface area (Å²) in [7, 11) is 0. The van der Waals surface area contributed by atoms with E-state index in [0.717, 1.165) is 29.3 Å². The first kappa shape index (κ1) is 14.2. The van der Waals surface area contributed by atoms with Gasteiger partial charge in [0.25, 0.3) is 0 Å². The molecule has 110 valence electrons. The zero-order valence-corrected chi connectivity index (χ0v) is 12.5. The molecule has 1 saturated heterocycles. The van der Waals surface area contributed by atoms with Crippen LogP contribution in [0.3, 0.4) is 0 Å². The van der Waals surface area contributed by atoms with Crippen molar-refractivity contribution in [3.8, 4) is 5.69 Å². The van der Waals surface area contributed by atoms with Gasteiger partial charge in [-0.3, -0.25) is 4.79 Å². The van der Waals surface area contributed by atoms with Crippen LogP contribution in [0.5, 0.6) is 0 Å². The molecule has 0 bridgehead atoms. The van der Waals surface area contributed by atoms with E-state index >= 15 is 0 Å². The van der Waals surface area contributed by atoms with Gasteiger partial charge < -0.3 is 10.6 Å². The van der Waals surface area contributed by atoms with Gasteiger partial charge in [-0.25, -0.2) is 4.68 Å². The second kappa shape index (κ2) is 6.78. The number of hydrogen-bond donors (Lipinski definition) is 2. The van der Waals surface area contributed by atoms with Crippen LogP contribution in [0.4, 0.5) is 0 Å². The highest BCUT2D eigenvalue weighted by Crippen LogP contribution is 2.13.